The summed E-state index contributed by atoms with van der Waals surface area (Å²) >= 11 is 0. The zero-order chi connectivity index (χ0) is 12.6. The molecule has 1 aromatic carbocycles. The molecule has 1 N–H and O–H groups in total. The second-order valence-corrected chi connectivity index (χ2v) is 2.82. The van der Waals surface area contributed by atoms with Crippen LogP contribution in [0.4, 0.5) is 10.1 Å². The van der Waals surface area contributed by atoms with Crippen molar-refractivity contribution in [1.29, 1.82) is 5.26 Å². The first kappa shape index (κ1) is 14.1. The first-order chi connectivity index (χ1) is 7.65. The van der Waals surface area contributed by atoms with E-state index in [0.29, 0.717) is 5.56 Å². The Labute approximate surface area is 94.9 Å². The molecule has 0 saturated carbocycles. The quantitative estimate of drug-likeness (QED) is 0.836. The lowest BCUT2D eigenvalue weighted by atomic mass is 10.2. The number of anilines is 1. The molecule has 0 atom stereocenters. The van der Waals surface area contributed by atoms with Gasteiger partial charge in [-0.05, 0) is 18.6 Å². The topological polar surface area (TPSA) is 52.9 Å². The summed E-state index contributed by atoms with van der Waals surface area (Å²) < 4.78 is 13.3. The third-order valence-electron chi connectivity index (χ3n) is 1.71. The van der Waals surface area contributed by atoms with E-state index in [0.717, 1.165) is 0 Å². The summed E-state index contributed by atoms with van der Waals surface area (Å²) in [5.74, 6) is -0.962. The van der Waals surface area contributed by atoms with Crippen molar-refractivity contribution in [1.82, 2.24) is 0 Å². The third kappa shape index (κ3) is 4.09. The summed E-state index contributed by atoms with van der Waals surface area (Å²) in [6.07, 6.45) is -0.270. The number of nitrogens with zero attached hydrogens (tertiary/aromatic N) is 1. The van der Waals surface area contributed by atoms with Crippen molar-refractivity contribution >= 4 is 11.6 Å². The molecule has 0 bridgehead atoms. The zero-order valence-electron chi connectivity index (χ0n) is 9.67. The fraction of sp³-hybridized carbons (Fsp3) is 0.333. The summed E-state index contributed by atoms with van der Waals surface area (Å²) in [6, 6.07) is 6.39. The van der Waals surface area contributed by atoms with E-state index in [4.69, 9.17) is 5.26 Å². The average molecular weight is 222 g/mol. The lowest BCUT2D eigenvalue weighted by Gasteiger charge is -2.05. The largest absolute Gasteiger partial charge is 0.323 e. The van der Waals surface area contributed by atoms with Gasteiger partial charge in [-0.15, -0.1) is 0 Å². The maximum Gasteiger partial charge on any atom is 0.238 e. The number of carbonyl (C=O) groups excluding carboxylic acids is 1. The number of amides is 1. The highest BCUT2D eigenvalue weighted by molar-refractivity contribution is 5.92. The minimum Gasteiger partial charge on any atom is -0.323 e. The Bertz CT molecular complexity index is 396. The number of hydrogen-bond donors (Lipinski definition) is 1. The predicted octanol–water partition coefficient (Wildman–Crippen LogP) is 3.01. The normalized spacial score (nSPS) is 8.44. The first-order valence-corrected chi connectivity index (χ1v) is 5.07. The van der Waals surface area contributed by atoms with Gasteiger partial charge in [-0.1, -0.05) is 26.0 Å². The van der Waals surface area contributed by atoms with Crippen LogP contribution >= 0.6 is 0 Å². The molecule has 16 heavy (non-hydrogen) atoms. The third-order valence-corrected chi connectivity index (χ3v) is 1.71. The summed E-state index contributed by atoms with van der Waals surface area (Å²) in [5.41, 5.74) is 0.574. The highest BCUT2D eigenvalue weighted by Crippen LogP contribution is 2.16. The molecule has 0 heterocycles. The van der Waals surface area contributed by atoms with Crippen LogP contribution < -0.4 is 5.32 Å². The van der Waals surface area contributed by atoms with Crippen LogP contribution in [0.25, 0.3) is 0 Å². The first-order valence-electron chi connectivity index (χ1n) is 5.07. The lowest BCUT2D eigenvalue weighted by molar-refractivity contribution is -0.115. The van der Waals surface area contributed by atoms with Crippen molar-refractivity contribution in [3.8, 4) is 6.07 Å². The Morgan fingerprint density at radius 1 is 1.50 bits per heavy atom. The minimum absolute atomic E-state index is 0.116. The number of rotatable bonds is 2. The molecule has 0 aromatic heterocycles. The highest BCUT2D eigenvalue weighted by Gasteiger charge is 2.07. The van der Waals surface area contributed by atoms with Crippen molar-refractivity contribution in [3.63, 3.8) is 0 Å². The van der Waals surface area contributed by atoms with Crippen LogP contribution in [0.2, 0.25) is 0 Å². The van der Waals surface area contributed by atoms with Crippen molar-refractivity contribution in [3.05, 3.63) is 29.6 Å². The van der Waals surface area contributed by atoms with E-state index < -0.39 is 11.7 Å². The van der Waals surface area contributed by atoms with Crippen LogP contribution in [0.5, 0.6) is 0 Å². The van der Waals surface area contributed by atoms with Crippen LogP contribution in [0.1, 0.15) is 25.8 Å². The second kappa shape index (κ2) is 7.41. The van der Waals surface area contributed by atoms with Crippen molar-refractivity contribution in [2.24, 2.45) is 0 Å². The Hall–Kier alpha value is -1.89. The van der Waals surface area contributed by atoms with Crippen LogP contribution in [-0.2, 0) is 4.79 Å². The maximum absolute atomic E-state index is 13.3. The van der Waals surface area contributed by atoms with Gasteiger partial charge in [0.15, 0.2) is 0 Å². The number of hydrogen-bond acceptors (Lipinski definition) is 2. The van der Waals surface area contributed by atoms with Gasteiger partial charge in [-0.25, -0.2) is 4.39 Å². The van der Waals surface area contributed by atoms with Crippen LogP contribution in [0.3, 0.4) is 0 Å². The smallest absolute Gasteiger partial charge is 0.238 e. The van der Waals surface area contributed by atoms with E-state index in [9.17, 15) is 9.18 Å². The molecule has 0 aliphatic rings. The van der Waals surface area contributed by atoms with Gasteiger partial charge in [0.1, 0.15) is 12.2 Å². The summed E-state index contributed by atoms with van der Waals surface area (Å²) in [5, 5.41) is 10.5. The molecule has 0 spiro atoms. The van der Waals surface area contributed by atoms with Gasteiger partial charge < -0.3 is 5.32 Å². The number of aryl methyl sites for hydroxylation is 1. The molecule has 0 aliphatic carbocycles. The van der Waals surface area contributed by atoms with E-state index in [1.165, 1.54) is 6.07 Å². The standard InChI is InChI=1S/C10H9FN2O.C2H6/c1-7-3-2-4-8(10(7)11)13-9(14)5-6-12;1-2/h2-4H,5H2,1H3,(H,13,14);1-2H3. The lowest BCUT2D eigenvalue weighted by Crippen LogP contribution is -2.11. The van der Waals surface area contributed by atoms with Gasteiger partial charge in [0.25, 0.3) is 0 Å². The van der Waals surface area contributed by atoms with E-state index in [1.54, 1.807) is 25.1 Å². The average Bonchev–Trinajstić information content (AvgIpc) is 2.28. The number of halogens is 1. The summed E-state index contributed by atoms with van der Waals surface area (Å²) in [4.78, 5) is 11.0. The zero-order valence-corrected chi connectivity index (χ0v) is 9.67. The van der Waals surface area contributed by atoms with Crippen molar-refractivity contribution in [2.45, 2.75) is 27.2 Å². The molecule has 86 valence electrons. The SMILES string of the molecule is CC.Cc1cccc(NC(=O)CC#N)c1F. The minimum atomic E-state index is -0.503. The Kier molecular flexibility index (Phi) is 6.53. The van der Waals surface area contributed by atoms with E-state index in [1.807, 2.05) is 13.8 Å². The molecule has 0 saturated heterocycles. The molecule has 0 aliphatic heterocycles. The van der Waals surface area contributed by atoms with Gasteiger partial charge in [-0.2, -0.15) is 5.26 Å². The van der Waals surface area contributed by atoms with Crippen molar-refractivity contribution < 1.29 is 9.18 Å². The number of nitriles is 1. The number of nitrogens with one attached hydrogen (secondary N) is 1. The summed E-state index contributed by atoms with van der Waals surface area (Å²) in [7, 11) is 0. The number of carbonyl (C=O) groups is 1. The van der Waals surface area contributed by atoms with Crippen LogP contribution in [0, 0.1) is 24.1 Å². The summed E-state index contributed by atoms with van der Waals surface area (Å²) in [6.45, 7) is 5.61. The molecular formula is C12H15FN2O. The molecule has 0 fully saturated rings. The molecule has 1 amide bonds. The van der Waals surface area contributed by atoms with Gasteiger partial charge in [0.2, 0.25) is 5.91 Å². The fourth-order valence-corrected chi connectivity index (χ4v) is 1.01. The Balaban J connectivity index is 0.00000106. The van der Waals surface area contributed by atoms with E-state index in [2.05, 4.69) is 5.32 Å². The van der Waals surface area contributed by atoms with Crippen molar-refractivity contribution in [2.75, 3.05) is 5.32 Å². The molecular weight excluding hydrogens is 207 g/mol. The second-order valence-electron chi connectivity index (χ2n) is 2.82. The maximum atomic E-state index is 13.3. The van der Waals surface area contributed by atoms with Crippen LogP contribution in [0.15, 0.2) is 18.2 Å². The monoisotopic (exact) mass is 222 g/mol. The Morgan fingerprint density at radius 3 is 2.69 bits per heavy atom. The van der Waals surface area contributed by atoms with E-state index >= 15 is 0 Å². The van der Waals surface area contributed by atoms with Crippen LogP contribution in [-0.4, -0.2) is 5.91 Å². The molecule has 3 nitrogen and oxygen atoms in total. The molecule has 1 aromatic rings. The molecule has 4 heteroatoms. The van der Waals surface area contributed by atoms with E-state index in [-0.39, 0.29) is 12.1 Å². The molecule has 0 unspecified atom stereocenters. The molecule has 1 rings (SSSR count). The van der Waals surface area contributed by atoms with Gasteiger partial charge >= 0.3 is 0 Å². The highest BCUT2D eigenvalue weighted by atomic mass is 19.1. The number of benzene rings is 1. The van der Waals surface area contributed by atoms with Gasteiger partial charge in [0.05, 0.1) is 11.8 Å². The Morgan fingerprint density at radius 2 is 2.12 bits per heavy atom. The van der Waals surface area contributed by atoms with Gasteiger partial charge in [0, 0.05) is 0 Å². The fourth-order valence-electron chi connectivity index (χ4n) is 1.01. The molecule has 0 radical (unpaired) electrons. The van der Waals surface area contributed by atoms with Gasteiger partial charge in [-0.3, -0.25) is 4.79 Å². The predicted molar refractivity (Wildman–Crippen MR) is 61.3 cm³/mol.